The monoisotopic (exact) mass is 338 g/mol. The molecule has 15 heavy (non-hydrogen) atoms. The van der Waals surface area contributed by atoms with E-state index in [4.69, 9.17) is 11.6 Å². The van der Waals surface area contributed by atoms with Crippen molar-refractivity contribution < 1.29 is 5.11 Å². The second-order valence-electron chi connectivity index (χ2n) is 3.67. The molecule has 1 N–H and O–H groups in total. The van der Waals surface area contributed by atoms with E-state index >= 15 is 0 Å². The van der Waals surface area contributed by atoms with Gasteiger partial charge in [0.1, 0.15) is 5.82 Å². The highest BCUT2D eigenvalue weighted by atomic mass is 127. The fourth-order valence-corrected chi connectivity index (χ4v) is 2.19. The molecule has 0 atom stereocenters. The Morgan fingerprint density at radius 2 is 2.13 bits per heavy atom. The predicted molar refractivity (Wildman–Crippen MR) is 69.4 cm³/mol. The van der Waals surface area contributed by atoms with Gasteiger partial charge in [-0.1, -0.05) is 11.6 Å². The first kappa shape index (κ1) is 11.4. The lowest BCUT2D eigenvalue weighted by Crippen LogP contribution is -2.36. The molecule has 1 aliphatic rings. The van der Waals surface area contributed by atoms with Gasteiger partial charge in [-0.2, -0.15) is 0 Å². The summed E-state index contributed by atoms with van der Waals surface area (Å²) in [5.74, 6) is 0.954. The molecular formula is C10H12ClIN2O. The molecule has 2 rings (SSSR count). The molecule has 1 fully saturated rings. The second kappa shape index (κ2) is 4.84. The number of rotatable bonds is 1. The van der Waals surface area contributed by atoms with Crippen LogP contribution in [0.25, 0.3) is 0 Å². The first-order chi connectivity index (χ1) is 7.16. The predicted octanol–water partition coefficient (Wildman–Crippen LogP) is 2.30. The molecule has 0 aliphatic carbocycles. The lowest BCUT2D eigenvalue weighted by Gasteiger charge is -2.30. The van der Waals surface area contributed by atoms with E-state index in [1.165, 1.54) is 0 Å². The standard InChI is InChI=1S/C10H12ClIN2O/c11-8-6-13-10(5-9(8)12)14-3-1-7(15)2-4-14/h5-7,15H,1-4H2. The van der Waals surface area contributed by atoms with Gasteiger partial charge >= 0.3 is 0 Å². The minimum Gasteiger partial charge on any atom is -0.393 e. The average Bonchev–Trinajstić information content (AvgIpc) is 2.23. The van der Waals surface area contributed by atoms with Crippen molar-refractivity contribution in [3.63, 3.8) is 0 Å². The SMILES string of the molecule is OC1CCN(c2cc(I)c(Cl)cn2)CC1. The van der Waals surface area contributed by atoms with E-state index in [1.54, 1.807) is 6.20 Å². The van der Waals surface area contributed by atoms with E-state index in [1.807, 2.05) is 6.07 Å². The highest BCUT2D eigenvalue weighted by Crippen LogP contribution is 2.24. The Kier molecular flexibility index (Phi) is 3.69. The van der Waals surface area contributed by atoms with Crippen LogP contribution in [0.3, 0.4) is 0 Å². The first-order valence-corrected chi connectivity index (χ1v) is 6.36. The van der Waals surface area contributed by atoms with Gasteiger partial charge in [0, 0.05) is 22.9 Å². The van der Waals surface area contributed by atoms with Crippen LogP contribution in [0.1, 0.15) is 12.8 Å². The van der Waals surface area contributed by atoms with Gasteiger partial charge in [-0.05, 0) is 41.5 Å². The number of hydrogen-bond donors (Lipinski definition) is 1. The molecule has 0 aromatic carbocycles. The van der Waals surface area contributed by atoms with Crippen molar-refractivity contribution in [3.05, 3.63) is 20.9 Å². The van der Waals surface area contributed by atoms with Gasteiger partial charge < -0.3 is 10.0 Å². The summed E-state index contributed by atoms with van der Waals surface area (Å²) in [5.41, 5.74) is 0. The number of anilines is 1. The van der Waals surface area contributed by atoms with Crippen LogP contribution in [-0.4, -0.2) is 29.3 Å². The number of nitrogens with zero attached hydrogens (tertiary/aromatic N) is 2. The summed E-state index contributed by atoms with van der Waals surface area (Å²) in [6, 6.07) is 1.99. The Balaban J connectivity index is 2.12. The van der Waals surface area contributed by atoms with Gasteiger partial charge in [-0.3, -0.25) is 0 Å². The third kappa shape index (κ3) is 2.73. The van der Waals surface area contributed by atoms with Gasteiger partial charge in [0.15, 0.2) is 0 Å². The number of aromatic nitrogens is 1. The van der Waals surface area contributed by atoms with Crippen molar-refractivity contribution >= 4 is 40.0 Å². The molecule has 82 valence electrons. The lowest BCUT2D eigenvalue weighted by atomic mass is 10.1. The van der Waals surface area contributed by atoms with Gasteiger partial charge in [-0.25, -0.2) is 4.98 Å². The molecule has 5 heteroatoms. The number of halogens is 2. The van der Waals surface area contributed by atoms with E-state index in [0.717, 1.165) is 35.3 Å². The van der Waals surface area contributed by atoms with Gasteiger partial charge in [0.2, 0.25) is 0 Å². The summed E-state index contributed by atoms with van der Waals surface area (Å²) >= 11 is 8.12. The van der Waals surface area contributed by atoms with Crippen molar-refractivity contribution in [1.82, 2.24) is 4.98 Å². The number of aliphatic hydroxyl groups excluding tert-OH is 1. The van der Waals surface area contributed by atoms with Crippen LogP contribution in [-0.2, 0) is 0 Å². The molecule has 0 unspecified atom stereocenters. The molecule has 0 amide bonds. The number of piperidine rings is 1. The Morgan fingerprint density at radius 1 is 1.47 bits per heavy atom. The maximum atomic E-state index is 9.40. The first-order valence-electron chi connectivity index (χ1n) is 4.91. The Bertz CT molecular complexity index is 353. The summed E-state index contributed by atoms with van der Waals surface area (Å²) < 4.78 is 1.02. The van der Waals surface area contributed by atoms with Crippen LogP contribution < -0.4 is 4.90 Å². The molecule has 0 spiro atoms. The number of pyridine rings is 1. The molecule has 1 aromatic rings. The molecule has 0 saturated carbocycles. The zero-order valence-electron chi connectivity index (χ0n) is 8.16. The normalized spacial score (nSPS) is 18.2. The molecule has 0 bridgehead atoms. The number of hydrogen-bond acceptors (Lipinski definition) is 3. The summed E-state index contributed by atoms with van der Waals surface area (Å²) in [7, 11) is 0. The molecule has 2 heterocycles. The molecular weight excluding hydrogens is 326 g/mol. The minimum atomic E-state index is -0.146. The third-order valence-corrected chi connectivity index (χ3v) is 4.10. The van der Waals surface area contributed by atoms with Crippen molar-refractivity contribution in [2.75, 3.05) is 18.0 Å². The van der Waals surface area contributed by atoms with Crippen LogP contribution in [0.5, 0.6) is 0 Å². The van der Waals surface area contributed by atoms with E-state index in [9.17, 15) is 5.11 Å². The fraction of sp³-hybridized carbons (Fsp3) is 0.500. The van der Waals surface area contributed by atoms with Gasteiger partial charge in [0.25, 0.3) is 0 Å². The van der Waals surface area contributed by atoms with E-state index in [2.05, 4.69) is 32.5 Å². The Labute approximate surface area is 108 Å². The highest BCUT2D eigenvalue weighted by Gasteiger charge is 2.18. The van der Waals surface area contributed by atoms with Crippen molar-refractivity contribution in [2.24, 2.45) is 0 Å². The van der Waals surface area contributed by atoms with Crippen LogP contribution >= 0.6 is 34.2 Å². The van der Waals surface area contributed by atoms with Crippen LogP contribution in [0.4, 0.5) is 5.82 Å². The van der Waals surface area contributed by atoms with Crippen LogP contribution in [0.15, 0.2) is 12.3 Å². The maximum Gasteiger partial charge on any atom is 0.129 e. The van der Waals surface area contributed by atoms with E-state index in [-0.39, 0.29) is 6.10 Å². The van der Waals surface area contributed by atoms with E-state index in [0.29, 0.717) is 5.02 Å². The lowest BCUT2D eigenvalue weighted by molar-refractivity contribution is 0.145. The van der Waals surface area contributed by atoms with Crippen molar-refractivity contribution in [1.29, 1.82) is 0 Å². The molecule has 0 radical (unpaired) electrons. The topological polar surface area (TPSA) is 36.4 Å². The zero-order chi connectivity index (χ0) is 10.8. The van der Waals surface area contributed by atoms with Gasteiger partial charge in [0.05, 0.1) is 11.1 Å². The Hall–Kier alpha value is -0.0700. The Morgan fingerprint density at radius 3 is 2.73 bits per heavy atom. The quantitative estimate of drug-likeness (QED) is 0.798. The molecule has 1 saturated heterocycles. The smallest absolute Gasteiger partial charge is 0.129 e. The summed E-state index contributed by atoms with van der Waals surface area (Å²) in [4.78, 5) is 6.48. The van der Waals surface area contributed by atoms with E-state index < -0.39 is 0 Å². The highest BCUT2D eigenvalue weighted by molar-refractivity contribution is 14.1. The molecule has 1 aromatic heterocycles. The van der Waals surface area contributed by atoms with Crippen molar-refractivity contribution in [3.8, 4) is 0 Å². The van der Waals surface area contributed by atoms with Crippen LogP contribution in [0, 0.1) is 3.57 Å². The summed E-state index contributed by atoms with van der Waals surface area (Å²) in [5, 5.41) is 10.1. The fourth-order valence-electron chi connectivity index (χ4n) is 1.67. The largest absolute Gasteiger partial charge is 0.393 e. The summed E-state index contributed by atoms with van der Waals surface area (Å²) in [6.45, 7) is 1.73. The number of aliphatic hydroxyl groups is 1. The third-order valence-electron chi connectivity index (χ3n) is 2.58. The van der Waals surface area contributed by atoms with Gasteiger partial charge in [-0.15, -0.1) is 0 Å². The zero-order valence-corrected chi connectivity index (χ0v) is 11.1. The van der Waals surface area contributed by atoms with Crippen LogP contribution in [0.2, 0.25) is 5.02 Å². The molecule has 1 aliphatic heterocycles. The molecule has 3 nitrogen and oxygen atoms in total. The maximum absolute atomic E-state index is 9.40. The minimum absolute atomic E-state index is 0.146. The van der Waals surface area contributed by atoms with Crippen molar-refractivity contribution in [2.45, 2.75) is 18.9 Å². The average molecular weight is 339 g/mol. The second-order valence-corrected chi connectivity index (χ2v) is 5.24. The summed E-state index contributed by atoms with van der Waals surface area (Å²) in [6.07, 6.45) is 3.18.